The average Bonchev–Trinajstić information content (AvgIpc) is 3.49. The quantitative estimate of drug-likeness (QED) is 0.0442. The first-order valence-corrected chi connectivity index (χ1v) is 17.8. The van der Waals surface area contributed by atoms with Crippen LogP contribution in [0, 0.1) is 0 Å². The number of rotatable bonds is 19. The molecule has 0 saturated carbocycles. The van der Waals surface area contributed by atoms with E-state index in [2.05, 4.69) is 26.6 Å². The van der Waals surface area contributed by atoms with Gasteiger partial charge in [0.2, 0.25) is 35.4 Å². The predicted molar refractivity (Wildman–Crippen MR) is 192 cm³/mol. The van der Waals surface area contributed by atoms with Gasteiger partial charge in [0, 0.05) is 57.7 Å². The molecule has 1 aromatic rings. The number of imide groups is 1. The molecular weight excluding hydrogens is 724 g/mol. The predicted octanol–water partition coefficient (Wildman–Crippen LogP) is -4.36. The van der Waals surface area contributed by atoms with Gasteiger partial charge in [-0.1, -0.05) is 30.3 Å². The number of aliphatic hydroxyl groups is 1. The molecular formula is C35H50N8O12. The highest BCUT2D eigenvalue weighted by atomic mass is 16.5. The normalized spacial score (nSPS) is 16.0. The van der Waals surface area contributed by atoms with Crippen LogP contribution in [0.5, 0.6) is 0 Å². The maximum atomic E-state index is 12.9. The zero-order valence-electron chi connectivity index (χ0n) is 30.6. The molecule has 3 rings (SSSR count). The smallest absolute Gasteiger partial charge is 0.253 e. The molecule has 1 aromatic carbocycles. The largest absolute Gasteiger partial charge is 0.394 e. The SMILES string of the molecule is O=C(CNC(=O)CN1CCOCCN(C(=O)CCN2C(=O)C=CC2=O)CCOCC1)NCC(=O)N[C@@H](Cc1ccccc1)C(=O)NCC(=O)NCOCCO. The van der Waals surface area contributed by atoms with E-state index in [1.54, 1.807) is 40.1 Å². The number of carbonyl (C=O) groups excluding carboxylic acids is 8. The highest BCUT2D eigenvalue weighted by molar-refractivity contribution is 6.13. The first kappa shape index (κ1) is 44.1. The monoisotopic (exact) mass is 774 g/mol. The number of amides is 8. The first-order valence-electron chi connectivity index (χ1n) is 17.8. The third kappa shape index (κ3) is 17.6. The molecule has 0 aromatic heterocycles. The van der Waals surface area contributed by atoms with Gasteiger partial charge in [-0.15, -0.1) is 0 Å². The Balaban J connectivity index is 1.36. The van der Waals surface area contributed by atoms with Crippen LogP contribution in [0.15, 0.2) is 42.5 Å². The van der Waals surface area contributed by atoms with Crippen molar-refractivity contribution in [3.8, 4) is 0 Å². The van der Waals surface area contributed by atoms with Crippen molar-refractivity contribution >= 4 is 47.3 Å². The molecule has 1 fully saturated rings. The van der Waals surface area contributed by atoms with E-state index in [0.717, 1.165) is 10.5 Å². The molecule has 0 spiro atoms. The molecule has 8 amide bonds. The Kier molecular flexibility index (Phi) is 20.0. The van der Waals surface area contributed by atoms with E-state index in [4.69, 9.17) is 19.3 Å². The van der Waals surface area contributed by atoms with Crippen LogP contribution in [0.3, 0.4) is 0 Å². The number of benzene rings is 1. The Bertz CT molecular complexity index is 1460. The molecule has 2 aliphatic rings. The van der Waals surface area contributed by atoms with Crippen LogP contribution in [0.2, 0.25) is 0 Å². The lowest BCUT2D eigenvalue weighted by Gasteiger charge is -2.26. The highest BCUT2D eigenvalue weighted by Crippen LogP contribution is 2.07. The van der Waals surface area contributed by atoms with Gasteiger partial charge in [0.25, 0.3) is 11.8 Å². The minimum Gasteiger partial charge on any atom is -0.394 e. The molecule has 20 nitrogen and oxygen atoms in total. The van der Waals surface area contributed by atoms with Gasteiger partial charge in [0.15, 0.2) is 0 Å². The van der Waals surface area contributed by atoms with Gasteiger partial charge in [-0.25, -0.2) is 0 Å². The van der Waals surface area contributed by atoms with E-state index in [0.29, 0.717) is 13.1 Å². The summed E-state index contributed by atoms with van der Waals surface area (Å²) in [6, 6.07) is 7.82. The summed E-state index contributed by atoms with van der Waals surface area (Å²) in [5, 5.41) is 21.1. The minimum absolute atomic E-state index is 0.0131. The zero-order chi connectivity index (χ0) is 39.8. The summed E-state index contributed by atoms with van der Waals surface area (Å²) < 4.78 is 16.3. The van der Waals surface area contributed by atoms with Crippen LogP contribution in [0.25, 0.3) is 0 Å². The minimum atomic E-state index is -1.07. The van der Waals surface area contributed by atoms with Crippen LogP contribution >= 0.6 is 0 Å². The number of carbonyl (C=O) groups is 8. The van der Waals surface area contributed by atoms with Crippen molar-refractivity contribution in [3.63, 3.8) is 0 Å². The molecule has 20 heteroatoms. The molecule has 1 saturated heterocycles. The van der Waals surface area contributed by atoms with Crippen LogP contribution in [-0.4, -0.2) is 178 Å². The van der Waals surface area contributed by atoms with Crippen molar-refractivity contribution in [2.75, 3.05) is 105 Å². The average molecular weight is 775 g/mol. The second-order valence-corrected chi connectivity index (χ2v) is 12.3. The molecule has 2 aliphatic heterocycles. The fourth-order valence-corrected chi connectivity index (χ4v) is 5.19. The molecule has 1 atom stereocenters. The molecule has 0 bridgehead atoms. The summed E-state index contributed by atoms with van der Waals surface area (Å²) in [4.78, 5) is 103. The number of aliphatic hydroxyl groups excluding tert-OH is 1. The van der Waals surface area contributed by atoms with Crippen molar-refractivity contribution in [2.45, 2.75) is 18.9 Å². The summed E-state index contributed by atoms with van der Waals surface area (Å²) in [7, 11) is 0. The Morgan fingerprint density at radius 3 is 1.98 bits per heavy atom. The number of nitrogens with zero attached hydrogens (tertiary/aromatic N) is 3. The van der Waals surface area contributed by atoms with Crippen LogP contribution in [0.4, 0.5) is 0 Å². The van der Waals surface area contributed by atoms with Gasteiger partial charge < -0.3 is 50.8 Å². The fraction of sp³-hybridized carbons (Fsp3) is 0.543. The molecule has 55 heavy (non-hydrogen) atoms. The standard InChI is InChI=1S/C35H50N8O12/c44-14-19-55-25-39-29(46)22-38-35(52)27(20-26-4-2-1-3-5-26)40-30(47)23-36-28(45)21-37-31(48)24-41-10-15-53-17-12-42(13-18-54-16-11-41)32(49)8-9-43-33(50)6-7-34(43)51/h1-7,27,44H,8-25H2,(H,36,45)(H,37,48)(H,38,52)(H,39,46)(H,40,47)/t27-/m0/s1. The second kappa shape index (κ2) is 24.9. The summed E-state index contributed by atoms with van der Waals surface area (Å²) in [6.07, 6.45) is 2.43. The van der Waals surface area contributed by atoms with Crippen molar-refractivity contribution < 1.29 is 57.7 Å². The lowest BCUT2D eigenvalue weighted by Crippen LogP contribution is -2.52. The maximum Gasteiger partial charge on any atom is 0.253 e. The van der Waals surface area contributed by atoms with E-state index in [1.165, 1.54) is 12.2 Å². The lowest BCUT2D eigenvalue weighted by atomic mass is 10.1. The number of nitrogens with one attached hydrogen (secondary N) is 5. The zero-order valence-corrected chi connectivity index (χ0v) is 30.6. The Morgan fingerprint density at radius 2 is 1.33 bits per heavy atom. The molecule has 0 radical (unpaired) electrons. The van der Waals surface area contributed by atoms with Gasteiger partial charge in [-0.2, -0.15) is 0 Å². The van der Waals surface area contributed by atoms with Crippen LogP contribution in [-0.2, 0) is 59.0 Å². The van der Waals surface area contributed by atoms with Gasteiger partial charge in [0.05, 0.1) is 65.8 Å². The first-order chi connectivity index (χ1) is 26.5. The Hall–Kier alpha value is -5.28. The Morgan fingerprint density at radius 1 is 0.745 bits per heavy atom. The summed E-state index contributed by atoms with van der Waals surface area (Å²) in [5.41, 5.74) is 0.743. The maximum absolute atomic E-state index is 12.9. The van der Waals surface area contributed by atoms with Crippen molar-refractivity contribution in [1.29, 1.82) is 0 Å². The fourth-order valence-electron chi connectivity index (χ4n) is 5.19. The summed E-state index contributed by atoms with van der Waals surface area (Å²) in [6.45, 7) is 0.585. The third-order valence-electron chi connectivity index (χ3n) is 8.14. The van der Waals surface area contributed by atoms with E-state index in [-0.39, 0.29) is 97.8 Å². The third-order valence-corrected chi connectivity index (χ3v) is 8.14. The van der Waals surface area contributed by atoms with E-state index < -0.39 is 60.5 Å². The second-order valence-electron chi connectivity index (χ2n) is 12.3. The van der Waals surface area contributed by atoms with Gasteiger partial charge in [0.1, 0.15) is 12.8 Å². The van der Waals surface area contributed by atoms with E-state index in [9.17, 15) is 38.4 Å². The summed E-state index contributed by atoms with van der Waals surface area (Å²) >= 11 is 0. The van der Waals surface area contributed by atoms with Crippen molar-refractivity contribution in [2.24, 2.45) is 0 Å². The van der Waals surface area contributed by atoms with Crippen molar-refractivity contribution in [3.05, 3.63) is 48.0 Å². The van der Waals surface area contributed by atoms with E-state index >= 15 is 0 Å². The number of hydrogen-bond donors (Lipinski definition) is 6. The highest BCUT2D eigenvalue weighted by Gasteiger charge is 2.25. The molecule has 2 heterocycles. The topological polar surface area (TPSA) is 254 Å². The number of ether oxygens (including phenoxy) is 3. The van der Waals surface area contributed by atoms with E-state index in [1.807, 2.05) is 0 Å². The lowest BCUT2D eigenvalue weighted by molar-refractivity contribution is -0.139. The van der Waals surface area contributed by atoms with Crippen LogP contribution < -0.4 is 26.6 Å². The Labute approximate surface area is 318 Å². The van der Waals surface area contributed by atoms with Crippen molar-refractivity contribution in [1.82, 2.24) is 41.3 Å². The molecule has 302 valence electrons. The number of hydrogen-bond acceptors (Lipinski definition) is 13. The van der Waals surface area contributed by atoms with Gasteiger partial charge in [-0.05, 0) is 5.56 Å². The summed E-state index contributed by atoms with van der Waals surface area (Å²) in [5.74, 6) is -4.05. The molecule has 0 aliphatic carbocycles. The van der Waals surface area contributed by atoms with Gasteiger partial charge >= 0.3 is 0 Å². The molecule has 6 N–H and O–H groups in total. The van der Waals surface area contributed by atoms with Gasteiger partial charge in [-0.3, -0.25) is 48.2 Å². The molecule has 0 unspecified atom stereocenters. The van der Waals surface area contributed by atoms with Crippen LogP contribution in [0.1, 0.15) is 12.0 Å².